The zero-order valence-corrected chi connectivity index (χ0v) is 11.6. The molecule has 3 N–H and O–H groups in total. The third kappa shape index (κ3) is 4.21. The summed E-state index contributed by atoms with van der Waals surface area (Å²) >= 11 is 0. The maximum absolute atomic E-state index is 13.5. The lowest BCUT2D eigenvalue weighted by Crippen LogP contribution is -2.27. The molecule has 1 atom stereocenters. The third-order valence-corrected chi connectivity index (χ3v) is 3.19. The summed E-state index contributed by atoms with van der Waals surface area (Å²) in [6.45, 7) is 5.46. The monoisotopic (exact) mass is 268 g/mol. The molecule has 0 saturated heterocycles. The topological polar surface area (TPSA) is 64.3 Å². The molecule has 0 radical (unpaired) electrons. The number of benzene rings is 1. The van der Waals surface area contributed by atoms with Crippen molar-refractivity contribution >= 4 is 11.7 Å². The molecule has 0 aromatic heterocycles. The molecule has 0 amide bonds. The van der Waals surface area contributed by atoms with Gasteiger partial charge in [-0.2, -0.15) is 0 Å². The van der Waals surface area contributed by atoms with Crippen molar-refractivity contribution in [3.63, 3.8) is 0 Å². The van der Waals surface area contributed by atoms with Gasteiger partial charge in [0.05, 0.1) is 12.7 Å². The number of carbonyl (C=O) groups excluding carboxylic acids is 1. The Morgan fingerprint density at radius 1 is 1.47 bits per heavy atom. The van der Waals surface area contributed by atoms with Gasteiger partial charge < -0.3 is 15.8 Å². The van der Waals surface area contributed by atoms with E-state index >= 15 is 0 Å². The van der Waals surface area contributed by atoms with Crippen LogP contribution in [0.4, 0.5) is 10.1 Å². The second kappa shape index (κ2) is 7.09. The SMILES string of the molecule is COC(=O)c1cc(NCC(CN)C(C)C)ccc1F. The fourth-order valence-corrected chi connectivity index (χ4v) is 1.74. The van der Waals surface area contributed by atoms with E-state index in [2.05, 4.69) is 23.9 Å². The van der Waals surface area contributed by atoms with E-state index < -0.39 is 11.8 Å². The largest absolute Gasteiger partial charge is 0.465 e. The molecule has 0 aliphatic rings. The maximum atomic E-state index is 13.5. The van der Waals surface area contributed by atoms with Crippen LogP contribution in [0.3, 0.4) is 0 Å². The zero-order chi connectivity index (χ0) is 14.4. The first kappa shape index (κ1) is 15.4. The Hall–Kier alpha value is -1.62. The summed E-state index contributed by atoms with van der Waals surface area (Å²) in [6, 6.07) is 4.30. The first-order valence-electron chi connectivity index (χ1n) is 6.31. The first-order chi connectivity index (χ1) is 8.99. The number of nitrogens with two attached hydrogens (primary N) is 1. The summed E-state index contributed by atoms with van der Waals surface area (Å²) < 4.78 is 18.0. The Bertz CT molecular complexity index is 435. The van der Waals surface area contributed by atoms with Crippen LogP contribution in [0.25, 0.3) is 0 Å². The summed E-state index contributed by atoms with van der Waals surface area (Å²) in [5.41, 5.74) is 6.30. The van der Waals surface area contributed by atoms with Gasteiger partial charge in [-0.05, 0) is 36.6 Å². The van der Waals surface area contributed by atoms with Crippen molar-refractivity contribution in [2.24, 2.45) is 17.6 Å². The predicted molar refractivity (Wildman–Crippen MR) is 73.6 cm³/mol. The number of ether oxygens (including phenoxy) is 1. The molecule has 1 aromatic rings. The molecule has 19 heavy (non-hydrogen) atoms. The number of esters is 1. The van der Waals surface area contributed by atoms with Crippen LogP contribution >= 0.6 is 0 Å². The van der Waals surface area contributed by atoms with Gasteiger partial charge in [-0.25, -0.2) is 9.18 Å². The fraction of sp³-hybridized carbons (Fsp3) is 0.500. The molecule has 5 heteroatoms. The van der Waals surface area contributed by atoms with Crippen LogP contribution in [0.5, 0.6) is 0 Å². The van der Waals surface area contributed by atoms with Gasteiger partial charge in [-0.15, -0.1) is 0 Å². The first-order valence-corrected chi connectivity index (χ1v) is 6.31. The molecular formula is C14H21FN2O2. The van der Waals surface area contributed by atoms with Crippen LogP contribution < -0.4 is 11.1 Å². The van der Waals surface area contributed by atoms with Crippen LogP contribution in [0.1, 0.15) is 24.2 Å². The van der Waals surface area contributed by atoms with E-state index in [0.717, 1.165) is 0 Å². The van der Waals surface area contributed by atoms with Crippen molar-refractivity contribution in [3.05, 3.63) is 29.6 Å². The highest BCUT2D eigenvalue weighted by molar-refractivity contribution is 5.90. The van der Waals surface area contributed by atoms with Crippen molar-refractivity contribution in [2.45, 2.75) is 13.8 Å². The average Bonchev–Trinajstić information content (AvgIpc) is 2.40. The number of nitrogens with one attached hydrogen (secondary N) is 1. The second-order valence-electron chi connectivity index (χ2n) is 4.81. The number of hydrogen-bond acceptors (Lipinski definition) is 4. The molecule has 0 saturated carbocycles. The predicted octanol–water partition coefficient (Wildman–Crippen LogP) is 2.26. The molecule has 1 rings (SSSR count). The van der Waals surface area contributed by atoms with Gasteiger partial charge in [-0.1, -0.05) is 13.8 Å². The minimum absolute atomic E-state index is 0.0682. The summed E-state index contributed by atoms with van der Waals surface area (Å²) in [6.07, 6.45) is 0. The highest BCUT2D eigenvalue weighted by Crippen LogP contribution is 2.17. The lowest BCUT2D eigenvalue weighted by atomic mass is 9.96. The van der Waals surface area contributed by atoms with Gasteiger partial charge in [0, 0.05) is 12.2 Å². The molecule has 0 aliphatic carbocycles. The molecule has 0 spiro atoms. The van der Waals surface area contributed by atoms with E-state index in [0.29, 0.717) is 30.6 Å². The minimum atomic E-state index is -0.680. The fourth-order valence-electron chi connectivity index (χ4n) is 1.74. The average molecular weight is 268 g/mol. The van der Waals surface area contributed by atoms with E-state index in [1.807, 2.05) is 0 Å². The van der Waals surface area contributed by atoms with Gasteiger partial charge in [0.25, 0.3) is 0 Å². The van der Waals surface area contributed by atoms with Crippen molar-refractivity contribution in [2.75, 3.05) is 25.5 Å². The molecule has 0 aliphatic heterocycles. The molecule has 1 unspecified atom stereocenters. The quantitative estimate of drug-likeness (QED) is 0.777. The van der Waals surface area contributed by atoms with E-state index in [-0.39, 0.29) is 5.56 Å². The van der Waals surface area contributed by atoms with Crippen LogP contribution in [0.15, 0.2) is 18.2 Å². The number of rotatable bonds is 6. The lowest BCUT2D eigenvalue weighted by molar-refractivity contribution is 0.0595. The van der Waals surface area contributed by atoms with E-state index in [1.54, 1.807) is 6.07 Å². The van der Waals surface area contributed by atoms with Gasteiger partial charge in [0.15, 0.2) is 0 Å². The van der Waals surface area contributed by atoms with Crippen LogP contribution in [-0.2, 0) is 4.74 Å². The number of carbonyl (C=O) groups is 1. The maximum Gasteiger partial charge on any atom is 0.340 e. The Kier molecular flexibility index (Phi) is 5.76. The van der Waals surface area contributed by atoms with Crippen molar-refractivity contribution in [1.82, 2.24) is 0 Å². The number of halogens is 1. The third-order valence-electron chi connectivity index (χ3n) is 3.19. The van der Waals surface area contributed by atoms with Crippen LogP contribution in [0.2, 0.25) is 0 Å². The Morgan fingerprint density at radius 3 is 2.68 bits per heavy atom. The van der Waals surface area contributed by atoms with Gasteiger partial charge in [0.2, 0.25) is 0 Å². The molecule has 0 bridgehead atoms. The van der Waals surface area contributed by atoms with Crippen molar-refractivity contribution in [3.8, 4) is 0 Å². The molecule has 0 heterocycles. The van der Waals surface area contributed by atoms with Crippen molar-refractivity contribution < 1.29 is 13.9 Å². The van der Waals surface area contributed by atoms with Crippen molar-refractivity contribution in [1.29, 1.82) is 0 Å². The summed E-state index contributed by atoms with van der Waals surface area (Å²) in [7, 11) is 1.23. The number of hydrogen-bond donors (Lipinski definition) is 2. The summed E-state index contributed by atoms with van der Waals surface area (Å²) in [5.74, 6) is -0.485. The Morgan fingerprint density at radius 2 is 2.16 bits per heavy atom. The summed E-state index contributed by atoms with van der Waals surface area (Å²) in [5, 5.41) is 3.17. The van der Waals surface area contributed by atoms with E-state index in [9.17, 15) is 9.18 Å². The molecule has 1 aromatic carbocycles. The number of methoxy groups -OCH3 is 1. The molecule has 106 valence electrons. The smallest absolute Gasteiger partial charge is 0.340 e. The molecule has 4 nitrogen and oxygen atoms in total. The van der Waals surface area contributed by atoms with Gasteiger partial charge in [0.1, 0.15) is 5.82 Å². The molecule has 0 fully saturated rings. The van der Waals surface area contributed by atoms with Crippen LogP contribution in [-0.4, -0.2) is 26.2 Å². The normalized spacial score (nSPS) is 12.3. The van der Waals surface area contributed by atoms with E-state index in [1.165, 1.54) is 19.2 Å². The highest BCUT2D eigenvalue weighted by atomic mass is 19.1. The zero-order valence-electron chi connectivity index (χ0n) is 11.6. The van der Waals surface area contributed by atoms with Gasteiger partial charge in [-0.3, -0.25) is 0 Å². The van der Waals surface area contributed by atoms with Gasteiger partial charge >= 0.3 is 5.97 Å². The molecular weight excluding hydrogens is 247 g/mol. The second-order valence-corrected chi connectivity index (χ2v) is 4.81. The summed E-state index contributed by atoms with van der Waals surface area (Å²) in [4.78, 5) is 11.4. The Balaban J connectivity index is 2.77. The number of anilines is 1. The lowest BCUT2D eigenvalue weighted by Gasteiger charge is -2.20. The van der Waals surface area contributed by atoms with E-state index in [4.69, 9.17) is 5.73 Å². The minimum Gasteiger partial charge on any atom is -0.465 e. The highest BCUT2D eigenvalue weighted by Gasteiger charge is 2.14. The Labute approximate surface area is 113 Å². The standard InChI is InChI=1S/C14H21FN2O2/c1-9(2)10(7-16)8-17-11-4-5-13(15)12(6-11)14(18)19-3/h4-6,9-10,17H,7-8,16H2,1-3H3. The van der Waals surface area contributed by atoms with Crippen LogP contribution in [0, 0.1) is 17.7 Å².